The number of anilines is 1. The molecule has 0 saturated carbocycles. The zero-order valence-corrected chi connectivity index (χ0v) is 15.1. The van der Waals surface area contributed by atoms with Crippen LogP contribution in [0.1, 0.15) is 21.5 Å². The van der Waals surface area contributed by atoms with Crippen LogP contribution in [0, 0.1) is 0 Å². The largest absolute Gasteiger partial charge is 0.496 e. The Morgan fingerprint density at radius 3 is 2.22 bits per heavy atom. The van der Waals surface area contributed by atoms with Crippen molar-refractivity contribution in [3.05, 3.63) is 59.2 Å². The van der Waals surface area contributed by atoms with E-state index in [0.717, 1.165) is 12.1 Å². The number of halogens is 3. The third-order valence-corrected chi connectivity index (χ3v) is 3.77. The van der Waals surface area contributed by atoms with Gasteiger partial charge >= 0.3 is 6.18 Å². The number of carbonyl (C=O) groups is 2. The first-order valence-electron chi connectivity index (χ1n) is 7.97. The Labute approximate surface area is 154 Å². The highest BCUT2D eigenvalue weighted by atomic mass is 19.4. The first-order chi connectivity index (χ1) is 12.6. The van der Waals surface area contributed by atoms with Crippen LogP contribution in [0.3, 0.4) is 0 Å². The lowest BCUT2D eigenvalue weighted by molar-refractivity contribution is -0.137. The lowest BCUT2D eigenvalue weighted by Crippen LogP contribution is -2.22. The Bertz CT molecular complexity index is 831. The molecule has 0 bridgehead atoms. The van der Waals surface area contributed by atoms with Crippen LogP contribution < -0.4 is 10.1 Å². The molecule has 1 N–H and O–H groups in total. The molecule has 0 aliphatic heterocycles. The lowest BCUT2D eigenvalue weighted by Gasteiger charge is -2.15. The van der Waals surface area contributed by atoms with Crippen molar-refractivity contribution in [1.29, 1.82) is 0 Å². The van der Waals surface area contributed by atoms with Gasteiger partial charge in [-0.3, -0.25) is 9.59 Å². The van der Waals surface area contributed by atoms with Crippen molar-refractivity contribution < 1.29 is 27.5 Å². The Morgan fingerprint density at radius 1 is 1.07 bits per heavy atom. The molecule has 0 heterocycles. The van der Waals surface area contributed by atoms with Crippen molar-refractivity contribution in [1.82, 2.24) is 4.90 Å². The molecule has 2 aromatic rings. The van der Waals surface area contributed by atoms with E-state index in [1.807, 2.05) is 0 Å². The summed E-state index contributed by atoms with van der Waals surface area (Å²) < 4.78 is 42.9. The third-order valence-electron chi connectivity index (χ3n) is 3.77. The van der Waals surface area contributed by atoms with Crippen molar-refractivity contribution in [2.75, 3.05) is 26.5 Å². The van der Waals surface area contributed by atoms with Gasteiger partial charge in [0.05, 0.1) is 24.7 Å². The summed E-state index contributed by atoms with van der Waals surface area (Å²) in [6.45, 7) is 0. The quantitative estimate of drug-likeness (QED) is 0.862. The lowest BCUT2D eigenvalue weighted by atomic mass is 10.1. The van der Waals surface area contributed by atoms with E-state index in [9.17, 15) is 22.8 Å². The minimum Gasteiger partial charge on any atom is -0.496 e. The predicted molar refractivity (Wildman–Crippen MR) is 94.8 cm³/mol. The summed E-state index contributed by atoms with van der Waals surface area (Å²) in [6.07, 6.45) is -4.51. The summed E-state index contributed by atoms with van der Waals surface area (Å²) in [4.78, 5) is 25.8. The smallest absolute Gasteiger partial charge is 0.416 e. The van der Waals surface area contributed by atoms with E-state index in [1.165, 1.54) is 30.2 Å². The molecule has 2 aromatic carbocycles. The summed E-state index contributed by atoms with van der Waals surface area (Å²) in [5, 5.41) is 2.63. The molecule has 0 atom stereocenters. The number of ether oxygens (including phenoxy) is 1. The van der Waals surface area contributed by atoms with E-state index >= 15 is 0 Å². The molecular weight excluding hydrogens is 361 g/mol. The predicted octanol–water partition coefficient (Wildman–Crippen LogP) is 3.60. The average molecular weight is 380 g/mol. The van der Waals surface area contributed by atoms with Gasteiger partial charge in [-0.2, -0.15) is 13.2 Å². The molecule has 5 nitrogen and oxygen atoms in total. The van der Waals surface area contributed by atoms with Crippen LogP contribution in [0.5, 0.6) is 5.75 Å². The highest BCUT2D eigenvalue weighted by Crippen LogP contribution is 2.29. The van der Waals surface area contributed by atoms with Crippen LogP contribution in [0.25, 0.3) is 0 Å². The molecule has 2 amide bonds. The van der Waals surface area contributed by atoms with Gasteiger partial charge in [-0.25, -0.2) is 0 Å². The molecule has 0 saturated heterocycles. The number of hydrogen-bond donors (Lipinski definition) is 1. The first-order valence-corrected chi connectivity index (χ1v) is 7.97. The number of hydrogen-bond acceptors (Lipinski definition) is 3. The van der Waals surface area contributed by atoms with Crippen molar-refractivity contribution >= 4 is 17.5 Å². The van der Waals surface area contributed by atoms with E-state index < -0.39 is 17.6 Å². The van der Waals surface area contributed by atoms with Gasteiger partial charge in [-0.15, -0.1) is 0 Å². The highest BCUT2D eigenvalue weighted by Gasteiger charge is 2.30. The molecule has 0 aromatic heterocycles. The minimum absolute atomic E-state index is 0.0961. The van der Waals surface area contributed by atoms with Crippen molar-refractivity contribution in [3.8, 4) is 5.75 Å². The molecule has 2 rings (SSSR count). The van der Waals surface area contributed by atoms with Crippen LogP contribution in [0.4, 0.5) is 18.9 Å². The number of nitrogens with zero attached hydrogens (tertiary/aromatic N) is 1. The second-order valence-electron chi connectivity index (χ2n) is 6.03. The van der Waals surface area contributed by atoms with Gasteiger partial charge < -0.3 is 15.0 Å². The van der Waals surface area contributed by atoms with E-state index in [-0.39, 0.29) is 17.9 Å². The Balaban J connectivity index is 2.11. The molecular formula is C19H19F3N2O3. The van der Waals surface area contributed by atoms with Gasteiger partial charge in [0.2, 0.25) is 5.91 Å². The Morgan fingerprint density at radius 2 is 1.70 bits per heavy atom. The zero-order valence-electron chi connectivity index (χ0n) is 15.1. The fourth-order valence-corrected chi connectivity index (χ4v) is 2.40. The van der Waals surface area contributed by atoms with Gasteiger partial charge in [0, 0.05) is 19.8 Å². The van der Waals surface area contributed by atoms with Crippen LogP contribution in [-0.2, 0) is 17.4 Å². The maximum Gasteiger partial charge on any atom is 0.416 e. The fraction of sp³-hybridized carbons (Fsp3) is 0.263. The van der Waals surface area contributed by atoms with Crippen molar-refractivity contribution in [2.24, 2.45) is 0 Å². The number of methoxy groups -OCH3 is 1. The van der Waals surface area contributed by atoms with Gasteiger partial charge in [-0.05, 0) is 35.9 Å². The number of rotatable bonds is 5. The number of alkyl halides is 3. The van der Waals surface area contributed by atoms with Crippen LogP contribution >= 0.6 is 0 Å². The van der Waals surface area contributed by atoms with E-state index in [0.29, 0.717) is 17.0 Å². The Kier molecular flexibility index (Phi) is 6.09. The average Bonchev–Trinajstić information content (AvgIpc) is 2.60. The van der Waals surface area contributed by atoms with Gasteiger partial charge in [0.25, 0.3) is 5.91 Å². The maximum atomic E-state index is 12.6. The number of amides is 2. The number of benzene rings is 2. The monoisotopic (exact) mass is 380 g/mol. The van der Waals surface area contributed by atoms with Crippen LogP contribution in [0.2, 0.25) is 0 Å². The fourth-order valence-electron chi connectivity index (χ4n) is 2.40. The normalized spacial score (nSPS) is 11.0. The van der Waals surface area contributed by atoms with E-state index in [4.69, 9.17) is 4.74 Å². The Hall–Kier alpha value is -3.03. The summed E-state index contributed by atoms with van der Waals surface area (Å²) in [6, 6.07) is 9.02. The molecule has 0 aliphatic rings. The molecule has 27 heavy (non-hydrogen) atoms. The maximum absolute atomic E-state index is 12.6. The second-order valence-corrected chi connectivity index (χ2v) is 6.03. The molecule has 0 unspecified atom stereocenters. The SMILES string of the molecule is COc1ccc(NC(=O)Cc2ccc(C(F)(F)F)cc2)cc1C(=O)N(C)C. The zero-order chi connectivity index (χ0) is 20.2. The number of nitrogens with one attached hydrogen (secondary N) is 1. The molecule has 0 fully saturated rings. The van der Waals surface area contributed by atoms with Gasteiger partial charge in [0.1, 0.15) is 5.75 Å². The van der Waals surface area contributed by atoms with Crippen molar-refractivity contribution in [3.63, 3.8) is 0 Å². The summed E-state index contributed by atoms with van der Waals surface area (Å²) in [7, 11) is 4.62. The first kappa shape index (κ1) is 20.3. The molecule has 144 valence electrons. The van der Waals surface area contributed by atoms with Crippen molar-refractivity contribution in [2.45, 2.75) is 12.6 Å². The van der Waals surface area contributed by atoms with Crippen LogP contribution in [-0.4, -0.2) is 37.9 Å². The molecule has 8 heteroatoms. The molecule has 0 spiro atoms. The van der Waals surface area contributed by atoms with Gasteiger partial charge in [-0.1, -0.05) is 12.1 Å². The molecule has 0 aliphatic carbocycles. The summed E-state index contributed by atoms with van der Waals surface area (Å²) in [5.74, 6) is -0.330. The third kappa shape index (κ3) is 5.22. The standard InChI is InChI=1S/C19H19F3N2O3/c1-24(2)18(26)15-11-14(8-9-16(15)27-3)23-17(25)10-12-4-6-13(7-5-12)19(20,21)22/h4-9,11H,10H2,1-3H3,(H,23,25). The number of carbonyl (C=O) groups excluding carboxylic acids is 2. The molecule has 0 radical (unpaired) electrons. The van der Waals surface area contributed by atoms with Gasteiger partial charge in [0.15, 0.2) is 0 Å². The minimum atomic E-state index is -4.42. The van der Waals surface area contributed by atoms with E-state index in [2.05, 4.69) is 5.32 Å². The van der Waals surface area contributed by atoms with Crippen LogP contribution in [0.15, 0.2) is 42.5 Å². The summed E-state index contributed by atoms with van der Waals surface area (Å²) in [5.41, 5.74) is 0.347. The topological polar surface area (TPSA) is 58.6 Å². The second kappa shape index (κ2) is 8.11. The summed E-state index contributed by atoms with van der Waals surface area (Å²) >= 11 is 0. The van der Waals surface area contributed by atoms with E-state index in [1.54, 1.807) is 26.2 Å². The highest BCUT2D eigenvalue weighted by molar-refractivity contribution is 5.99.